The molecule has 0 radical (unpaired) electrons. The molecular weight excluding hydrogens is 358 g/mol. The molecule has 6 N–H and O–H groups in total. The van der Waals surface area contributed by atoms with E-state index in [1.807, 2.05) is 0 Å². The number of carbonyl (C=O) groups is 1. The first kappa shape index (κ1) is 17.3. The second kappa shape index (κ2) is 5.53. The maximum atomic E-state index is 11.5. The lowest BCUT2D eigenvalue weighted by atomic mass is 10.2. The normalized spacial score (nSPS) is 20.1. The summed E-state index contributed by atoms with van der Waals surface area (Å²) in [5, 5.41) is 13.9. The number of sulfonamides is 1. The molecule has 1 aliphatic heterocycles. The van der Waals surface area contributed by atoms with E-state index in [2.05, 4.69) is 4.72 Å². The molecule has 0 amide bonds. The highest BCUT2D eigenvalue weighted by molar-refractivity contribution is 8.22. The summed E-state index contributed by atoms with van der Waals surface area (Å²) in [5.74, 6) is -1.14. The van der Waals surface area contributed by atoms with Crippen LogP contribution < -0.4 is 14.8 Å². The van der Waals surface area contributed by atoms with Crippen LogP contribution in [0.3, 0.4) is 0 Å². The molecule has 1 aromatic carbocycles. The van der Waals surface area contributed by atoms with Crippen molar-refractivity contribution in [2.24, 2.45) is 5.14 Å². The molecule has 0 spiro atoms. The van der Waals surface area contributed by atoms with Crippen LogP contribution in [-0.4, -0.2) is 41.3 Å². The number of rotatable bonds is 3. The lowest BCUT2D eigenvalue weighted by molar-refractivity contribution is -0.138. The van der Waals surface area contributed by atoms with Gasteiger partial charge in [-0.15, -0.1) is 10.8 Å². The number of nitrogens with one attached hydrogen (secondary N) is 1. The number of benzene rings is 1. The standard InChI is InChI=1S/C10H14ClN3O6S2/c1-5(10(15)16)14-4-13-22(19,20)9-3-8(21(12,17)18)6(11)2-7(9)14/h2-3,5,13,19-20H,4H2,1H3,(H,15,16)(H2,12,17,18). The number of nitrogens with zero attached hydrogens (tertiary/aromatic N) is 1. The minimum absolute atomic E-state index is 0.117. The van der Waals surface area contributed by atoms with E-state index in [0.29, 0.717) is 0 Å². The number of carboxylic acid groups (broad SMARTS) is 1. The summed E-state index contributed by atoms with van der Waals surface area (Å²) in [6, 6.07) is 1.10. The summed E-state index contributed by atoms with van der Waals surface area (Å²) < 4.78 is 45.4. The van der Waals surface area contributed by atoms with Crippen molar-refractivity contribution in [1.82, 2.24) is 4.72 Å². The maximum absolute atomic E-state index is 11.5. The van der Waals surface area contributed by atoms with Crippen LogP contribution in [0.4, 0.5) is 5.69 Å². The monoisotopic (exact) mass is 371 g/mol. The van der Waals surface area contributed by atoms with E-state index in [0.717, 1.165) is 12.1 Å². The van der Waals surface area contributed by atoms with Gasteiger partial charge >= 0.3 is 5.97 Å². The van der Waals surface area contributed by atoms with Gasteiger partial charge in [0, 0.05) is 0 Å². The Kier molecular flexibility index (Phi) is 4.34. The number of halogens is 1. The van der Waals surface area contributed by atoms with Gasteiger partial charge in [0.15, 0.2) is 0 Å². The molecule has 0 bridgehead atoms. The summed E-state index contributed by atoms with van der Waals surface area (Å²) in [4.78, 5) is 11.8. The second-order valence-corrected chi connectivity index (χ2v) is 8.39. The van der Waals surface area contributed by atoms with Crippen LogP contribution >= 0.6 is 22.4 Å². The fourth-order valence-corrected chi connectivity index (χ4v) is 4.39. The van der Waals surface area contributed by atoms with Crippen molar-refractivity contribution >= 4 is 44.1 Å². The van der Waals surface area contributed by atoms with Crippen molar-refractivity contribution in [2.75, 3.05) is 11.6 Å². The van der Waals surface area contributed by atoms with Gasteiger partial charge in [0.05, 0.1) is 22.3 Å². The average molecular weight is 372 g/mol. The molecule has 124 valence electrons. The third-order valence-electron chi connectivity index (χ3n) is 3.20. The zero-order valence-corrected chi connectivity index (χ0v) is 13.6. The minimum atomic E-state index is -4.17. The molecule has 1 atom stereocenters. The molecule has 0 aliphatic carbocycles. The second-order valence-electron chi connectivity index (χ2n) is 4.63. The summed E-state index contributed by atoms with van der Waals surface area (Å²) in [6.07, 6.45) is 0. The highest BCUT2D eigenvalue weighted by Crippen LogP contribution is 2.53. The molecular formula is C10H14ClN3O6S2. The van der Waals surface area contributed by atoms with Gasteiger partial charge in [-0.3, -0.25) is 9.11 Å². The molecule has 0 fully saturated rings. The van der Waals surface area contributed by atoms with E-state index < -0.39 is 37.7 Å². The zero-order chi connectivity index (χ0) is 16.9. The average Bonchev–Trinajstić information content (AvgIpc) is 2.35. The fourth-order valence-electron chi connectivity index (χ4n) is 2.00. The van der Waals surface area contributed by atoms with Gasteiger partial charge in [0.1, 0.15) is 10.9 Å². The molecule has 22 heavy (non-hydrogen) atoms. The number of aliphatic carboxylic acids is 1. The number of primary sulfonamides is 1. The first-order valence-corrected chi connectivity index (χ1v) is 9.31. The largest absolute Gasteiger partial charge is 0.480 e. The third kappa shape index (κ3) is 3.01. The fraction of sp³-hybridized carbons (Fsp3) is 0.300. The van der Waals surface area contributed by atoms with Gasteiger partial charge in [-0.2, -0.15) is 4.72 Å². The van der Waals surface area contributed by atoms with E-state index in [-0.39, 0.29) is 22.3 Å². The van der Waals surface area contributed by atoms with Gasteiger partial charge in [-0.1, -0.05) is 11.6 Å². The van der Waals surface area contributed by atoms with E-state index in [4.69, 9.17) is 21.8 Å². The highest BCUT2D eigenvalue weighted by atomic mass is 35.5. The van der Waals surface area contributed by atoms with Crippen LogP contribution in [-0.2, 0) is 14.8 Å². The molecule has 9 nitrogen and oxygen atoms in total. The Morgan fingerprint density at radius 1 is 1.50 bits per heavy atom. The lowest BCUT2D eigenvalue weighted by Crippen LogP contribution is -2.48. The van der Waals surface area contributed by atoms with Crippen molar-refractivity contribution in [3.63, 3.8) is 0 Å². The van der Waals surface area contributed by atoms with Crippen LogP contribution in [0.15, 0.2) is 21.9 Å². The van der Waals surface area contributed by atoms with Gasteiger partial charge in [-0.25, -0.2) is 18.4 Å². The molecule has 1 heterocycles. The molecule has 0 aromatic heterocycles. The molecule has 1 aromatic rings. The maximum Gasteiger partial charge on any atom is 0.326 e. The Hall–Kier alpha value is -1.08. The molecule has 0 saturated heterocycles. The Morgan fingerprint density at radius 2 is 2.09 bits per heavy atom. The number of anilines is 1. The Bertz CT molecular complexity index is 738. The summed E-state index contributed by atoms with van der Waals surface area (Å²) in [7, 11) is -7.67. The van der Waals surface area contributed by atoms with Gasteiger partial charge < -0.3 is 10.0 Å². The number of hydrogen-bond acceptors (Lipinski definition) is 7. The smallest absolute Gasteiger partial charge is 0.326 e. The number of fused-ring (bicyclic) bond motifs is 1. The van der Waals surface area contributed by atoms with Gasteiger partial charge in [0.2, 0.25) is 10.0 Å². The van der Waals surface area contributed by atoms with Crippen molar-refractivity contribution < 1.29 is 27.4 Å². The van der Waals surface area contributed by atoms with Crippen molar-refractivity contribution in [2.45, 2.75) is 22.8 Å². The quantitative estimate of drug-likeness (QED) is 0.524. The van der Waals surface area contributed by atoms with Crippen molar-refractivity contribution in [1.29, 1.82) is 0 Å². The third-order valence-corrected chi connectivity index (χ3v) is 6.04. The predicted octanol–water partition coefficient (Wildman–Crippen LogP) is 0.852. The number of carboxylic acids is 1. The summed E-state index contributed by atoms with van der Waals surface area (Å²) in [6.45, 7) is 1.24. The van der Waals surface area contributed by atoms with E-state index in [1.165, 1.54) is 11.8 Å². The molecule has 2 rings (SSSR count). The van der Waals surface area contributed by atoms with Crippen molar-refractivity contribution in [3.8, 4) is 0 Å². The molecule has 12 heteroatoms. The Balaban J connectivity index is 2.69. The van der Waals surface area contributed by atoms with Crippen LogP contribution in [0.2, 0.25) is 5.02 Å². The predicted molar refractivity (Wildman–Crippen MR) is 81.5 cm³/mol. The van der Waals surface area contributed by atoms with Gasteiger partial charge in [0.25, 0.3) is 0 Å². The number of nitrogens with two attached hydrogens (primary N) is 1. The van der Waals surface area contributed by atoms with E-state index in [9.17, 15) is 22.3 Å². The SMILES string of the molecule is CC(C(=O)O)N1CNS(O)(O)c2cc(S(N)(=O)=O)c(Cl)cc21. The highest BCUT2D eigenvalue weighted by Gasteiger charge is 2.35. The van der Waals surface area contributed by atoms with Crippen molar-refractivity contribution in [3.05, 3.63) is 17.2 Å². The van der Waals surface area contributed by atoms with Crippen LogP contribution in [0.5, 0.6) is 0 Å². The lowest BCUT2D eigenvalue weighted by Gasteiger charge is -2.45. The zero-order valence-electron chi connectivity index (χ0n) is 11.2. The molecule has 1 unspecified atom stereocenters. The summed E-state index contributed by atoms with van der Waals surface area (Å²) in [5.41, 5.74) is 0.117. The van der Waals surface area contributed by atoms with Crippen LogP contribution in [0.25, 0.3) is 0 Å². The van der Waals surface area contributed by atoms with Gasteiger partial charge in [-0.05, 0) is 19.1 Å². The topological polar surface area (TPSA) is 153 Å². The molecule has 0 saturated carbocycles. The Morgan fingerprint density at radius 3 is 2.59 bits per heavy atom. The van der Waals surface area contributed by atoms with Crippen LogP contribution in [0.1, 0.15) is 6.92 Å². The first-order chi connectivity index (χ1) is 9.95. The molecule has 1 aliphatic rings. The van der Waals surface area contributed by atoms with Crippen LogP contribution in [0, 0.1) is 0 Å². The Labute approximate surface area is 133 Å². The summed E-state index contributed by atoms with van der Waals surface area (Å²) >= 11 is 5.88. The first-order valence-electron chi connectivity index (χ1n) is 5.84. The number of hydrogen-bond donors (Lipinski definition) is 5. The van der Waals surface area contributed by atoms with E-state index >= 15 is 0 Å². The minimum Gasteiger partial charge on any atom is -0.480 e. The van der Waals surface area contributed by atoms with E-state index in [1.54, 1.807) is 0 Å².